The normalized spacial score (nSPS) is 16.2. The van der Waals surface area contributed by atoms with E-state index in [1.165, 1.54) is 11.0 Å². The average molecular weight is 445 g/mol. The zero-order chi connectivity index (χ0) is 22.5. The Hall–Kier alpha value is -3.19. The quantitative estimate of drug-likeness (QED) is 0.612. The van der Waals surface area contributed by atoms with E-state index < -0.39 is 12.0 Å². The van der Waals surface area contributed by atoms with Crippen LogP contribution in [0, 0.1) is 0 Å². The molecule has 8 heteroatoms. The lowest BCUT2D eigenvalue weighted by molar-refractivity contribution is -0.139. The minimum atomic E-state index is -0.809. The van der Waals surface area contributed by atoms with Gasteiger partial charge in [-0.15, -0.1) is 0 Å². The topological polar surface area (TPSA) is 88.1 Å². The fourth-order valence-corrected chi connectivity index (χ4v) is 3.71. The number of nitrogens with one attached hydrogen (secondary N) is 1. The maximum absolute atomic E-state index is 13.0. The molecule has 0 spiro atoms. The Morgan fingerprint density at radius 2 is 1.90 bits per heavy atom. The summed E-state index contributed by atoms with van der Waals surface area (Å²) in [5, 5.41) is 13.1. The van der Waals surface area contributed by atoms with Crippen LogP contribution in [-0.4, -0.2) is 35.2 Å². The van der Waals surface area contributed by atoms with Gasteiger partial charge in [0.2, 0.25) is 0 Å². The van der Waals surface area contributed by atoms with E-state index in [9.17, 15) is 14.7 Å². The van der Waals surface area contributed by atoms with Gasteiger partial charge in [0.25, 0.3) is 0 Å². The van der Waals surface area contributed by atoms with Gasteiger partial charge in [-0.25, -0.2) is 9.59 Å². The highest BCUT2D eigenvalue weighted by atomic mass is 35.5. The molecule has 2 N–H and O–H groups in total. The Bertz CT molecular complexity index is 1010. The van der Waals surface area contributed by atoms with Crippen LogP contribution in [0.15, 0.2) is 53.7 Å². The van der Waals surface area contributed by atoms with Gasteiger partial charge in [0.1, 0.15) is 0 Å². The number of aromatic hydroxyl groups is 1. The monoisotopic (exact) mass is 444 g/mol. The summed E-state index contributed by atoms with van der Waals surface area (Å²) >= 11 is 6.19. The molecule has 164 valence electrons. The number of halogens is 1. The van der Waals surface area contributed by atoms with Gasteiger partial charge >= 0.3 is 12.0 Å². The summed E-state index contributed by atoms with van der Waals surface area (Å²) < 4.78 is 10.7. The number of nitrogens with zero attached hydrogens (tertiary/aromatic N) is 1. The molecule has 1 aliphatic heterocycles. The van der Waals surface area contributed by atoms with Crippen molar-refractivity contribution in [1.82, 2.24) is 10.2 Å². The fraction of sp³-hybridized carbons (Fsp3) is 0.304. The van der Waals surface area contributed by atoms with Gasteiger partial charge in [0.15, 0.2) is 11.5 Å². The number of urea groups is 1. The van der Waals surface area contributed by atoms with Crippen LogP contribution in [0.3, 0.4) is 0 Å². The Morgan fingerprint density at radius 1 is 1.19 bits per heavy atom. The molecule has 31 heavy (non-hydrogen) atoms. The number of hydrogen-bond acceptors (Lipinski definition) is 5. The van der Waals surface area contributed by atoms with E-state index in [1.54, 1.807) is 26.8 Å². The predicted octanol–water partition coefficient (Wildman–Crippen LogP) is 4.55. The third-order valence-electron chi connectivity index (χ3n) is 4.96. The number of rotatable bonds is 7. The molecule has 0 bridgehead atoms. The van der Waals surface area contributed by atoms with Crippen molar-refractivity contribution in [2.75, 3.05) is 13.2 Å². The summed E-state index contributed by atoms with van der Waals surface area (Å²) in [7, 11) is 0. The second-order valence-electron chi connectivity index (χ2n) is 6.96. The molecule has 0 saturated carbocycles. The van der Waals surface area contributed by atoms with Crippen LogP contribution in [0.4, 0.5) is 4.79 Å². The molecule has 1 aliphatic rings. The largest absolute Gasteiger partial charge is 0.503 e. The maximum atomic E-state index is 13.0. The second kappa shape index (κ2) is 9.75. The number of carbonyl (C=O) groups is 2. The molecule has 3 rings (SSSR count). The summed E-state index contributed by atoms with van der Waals surface area (Å²) in [6, 6.07) is 11.4. The van der Waals surface area contributed by atoms with E-state index >= 15 is 0 Å². The lowest BCUT2D eigenvalue weighted by Gasteiger charge is -2.35. The average Bonchev–Trinajstić information content (AvgIpc) is 2.74. The van der Waals surface area contributed by atoms with Crippen LogP contribution in [-0.2, 0) is 16.1 Å². The van der Waals surface area contributed by atoms with Crippen molar-refractivity contribution >= 4 is 23.6 Å². The zero-order valence-electron chi connectivity index (χ0n) is 17.6. The SMILES string of the molecule is CCOC(=O)C1=C(C)N(Cc2ccccc2)C(=O)N[C@@H]1c1cc(Cl)c(O)c(OCC)c1. The fourth-order valence-electron chi connectivity index (χ4n) is 3.49. The van der Waals surface area contributed by atoms with Crippen molar-refractivity contribution in [3.05, 3.63) is 69.9 Å². The minimum Gasteiger partial charge on any atom is -0.503 e. The van der Waals surface area contributed by atoms with Gasteiger partial charge < -0.3 is 19.9 Å². The number of phenols is 1. The van der Waals surface area contributed by atoms with Crippen LogP contribution in [0.25, 0.3) is 0 Å². The van der Waals surface area contributed by atoms with Gasteiger partial charge in [-0.3, -0.25) is 4.90 Å². The first kappa shape index (κ1) is 22.5. The molecule has 2 aromatic carbocycles. The number of hydrogen-bond donors (Lipinski definition) is 2. The molecule has 0 aliphatic carbocycles. The first-order chi connectivity index (χ1) is 14.9. The van der Waals surface area contributed by atoms with Crippen molar-refractivity contribution in [3.8, 4) is 11.5 Å². The summed E-state index contributed by atoms with van der Waals surface area (Å²) in [5.74, 6) is -0.560. The molecule has 0 fully saturated rings. The number of phenolic OH excluding ortho intramolecular Hbond substituents is 1. The highest BCUT2D eigenvalue weighted by Crippen LogP contribution is 2.40. The summed E-state index contributed by atoms with van der Waals surface area (Å²) in [5.41, 5.74) is 2.20. The van der Waals surface area contributed by atoms with Crippen molar-refractivity contribution in [2.24, 2.45) is 0 Å². The maximum Gasteiger partial charge on any atom is 0.338 e. The molecule has 0 aromatic heterocycles. The van der Waals surface area contributed by atoms with E-state index in [0.29, 0.717) is 30.0 Å². The number of benzene rings is 2. The zero-order valence-corrected chi connectivity index (χ0v) is 18.4. The lowest BCUT2D eigenvalue weighted by atomic mass is 9.94. The van der Waals surface area contributed by atoms with E-state index in [0.717, 1.165) is 5.56 Å². The van der Waals surface area contributed by atoms with Crippen molar-refractivity contribution < 1.29 is 24.2 Å². The molecular weight excluding hydrogens is 420 g/mol. The third-order valence-corrected chi connectivity index (χ3v) is 5.25. The Kier molecular flexibility index (Phi) is 7.07. The predicted molar refractivity (Wildman–Crippen MR) is 117 cm³/mol. The van der Waals surface area contributed by atoms with Crippen LogP contribution in [0.1, 0.15) is 37.9 Å². The Morgan fingerprint density at radius 3 is 2.55 bits per heavy atom. The first-order valence-corrected chi connectivity index (χ1v) is 10.4. The highest BCUT2D eigenvalue weighted by Gasteiger charge is 2.37. The van der Waals surface area contributed by atoms with Crippen molar-refractivity contribution in [2.45, 2.75) is 33.4 Å². The number of allylic oxidation sites excluding steroid dienone is 1. The number of ether oxygens (including phenoxy) is 2. The molecule has 0 radical (unpaired) electrons. The summed E-state index contributed by atoms with van der Waals surface area (Å²) in [6.07, 6.45) is 0. The molecule has 1 atom stereocenters. The van der Waals surface area contributed by atoms with Gasteiger partial charge in [-0.05, 0) is 44.0 Å². The molecule has 1 heterocycles. The van der Waals surface area contributed by atoms with Crippen LogP contribution in [0.5, 0.6) is 11.5 Å². The lowest BCUT2D eigenvalue weighted by Crippen LogP contribution is -2.47. The van der Waals surface area contributed by atoms with Crippen molar-refractivity contribution in [3.63, 3.8) is 0 Å². The van der Waals surface area contributed by atoms with E-state index in [-0.39, 0.29) is 29.2 Å². The minimum absolute atomic E-state index is 0.0581. The highest BCUT2D eigenvalue weighted by molar-refractivity contribution is 6.32. The summed E-state index contributed by atoms with van der Waals surface area (Å²) in [6.45, 7) is 6.01. The third kappa shape index (κ3) is 4.77. The Labute approximate surface area is 186 Å². The van der Waals surface area contributed by atoms with Gasteiger partial charge in [0.05, 0.1) is 36.4 Å². The standard InChI is InChI=1S/C23H25ClN2O5/c1-4-30-18-12-16(11-17(24)21(18)27)20-19(22(28)31-5-2)14(3)26(23(29)25-20)13-15-9-7-6-8-10-15/h6-12,20,27H,4-5,13H2,1-3H3,(H,25,29)/t20-/m1/s1. The van der Waals surface area contributed by atoms with Crippen molar-refractivity contribution in [1.29, 1.82) is 0 Å². The molecule has 0 unspecified atom stereocenters. The molecule has 2 amide bonds. The summed E-state index contributed by atoms with van der Waals surface area (Å²) in [4.78, 5) is 27.4. The second-order valence-corrected chi connectivity index (χ2v) is 7.36. The number of carbonyl (C=O) groups excluding carboxylic acids is 2. The Balaban J connectivity index is 2.08. The first-order valence-electron chi connectivity index (χ1n) is 10.0. The van der Waals surface area contributed by atoms with Gasteiger partial charge in [-0.1, -0.05) is 41.9 Å². The number of esters is 1. The van der Waals surface area contributed by atoms with E-state index in [2.05, 4.69) is 5.32 Å². The van der Waals surface area contributed by atoms with E-state index in [1.807, 2.05) is 30.3 Å². The van der Waals surface area contributed by atoms with E-state index in [4.69, 9.17) is 21.1 Å². The van der Waals surface area contributed by atoms with Gasteiger partial charge in [0, 0.05) is 5.70 Å². The molecular formula is C23H25ClN2O5. The van der Waals surface area contributed by atoms with Crippen LogP contribution < -0.4 is 10.1 Å². The van der Waals surface area contributed by atoms with Crippen LogP contribution in [0.2, 0.25) is 5.02 Å². The van der Waals surface area contributed by atoms with Crippen LogP contribution >= 0.6 is 11.6 Å². The molecule has 2 aromatic rings. The smallest absolute Gasteiger partial charge is 0.338 e. The molecule has 0 saturated heterocycles. The number of amides is 2. The van der Waals surface area contributed by atoms with Gasteiger partial charge in [-0.2, -0.15) is 0 Å². The molecule has 7 nitrogen and oxygen atoms in total.